The SMILES string of the molecule is Nc1[c]ccc(C(F)(F)F)c1. The molecule has 0 fully saturated rings. The fourth-order valence-electron chi connectivity index (χ4n) is 0.661. The van der Waals surface area contributed by atoms with Gasteiger partial charge in [0.1, 0.15) is 0 Å². The smallest absolute Gasteiger partial charge is 0.398 e. The Kier molecular flexibility index (Phi) is 1.76. The minimum absolute atomic E-state index is 0.000162. The fourth-order valence-corrected chi connectivity index (χ4v) is 0.661. The monoisotopic (exact) mass is 160 g/mol. The molecule has 1 rings (SSSR count). The number of benzene rings is 1. The third-order valence-electron chi connectivity index (χ3n) is 1.15. The number of halogens is 3. The Balaban J connectivity index is 3.06. The number of hydrogen-bond donors (Lipinski definition) is 1. The predicted molar refractivity (Wildman–Crippen MR) is 34.7 cm³/mol. The summed E-state index contributed by atoms with van der Waals surface area (Å²) in [4.78, 5) is 0. The van der Waals surface area contributed by atoms with Crippen LogP contribution < -0.4 is 5.73 Å². The van der Waals surface area contributed by atoms with Gasteiger partial charge in [-0.2, -0.15) is 13.2 Å². The third kappa shape index (κ3) is 1.86. The minimum Gasteiger partial charge on any atom is -0.398 e. The van der Waals surface area contributed by atoms with E-state index in [-0.39, 0.29) is 5.69 Å². The molecule has 0 spiro atoms. The van der Waals surface area contributed by atoms with Gasteiger partial charge in [-0.05, 0) is 12.1 Å². The average molecular weight is 160 g/mol. The zero-order valence-corrected chi connectivity index (χ0v) is 5.44. The van der Waals surface area contributed by atoms with E-state index >= 15 is 0 Å². The van der Waals surface area contributed by atoms with Crippen LogP contribution in [-0.2, 0) is 6.18 Å². The summed E-state index contributed by atoms with van der Waals surface area (Å²) in [5, 5.41) is 0. The maximum absolute atomic E-state index is 11.9. The van der Waals surface area contributed by atoms with Crippen LogP contribution in [0.3, 0.4) is 0 Å². The Hall–Kier alpha value is -1.19. The lowest BCUT2D eigenvalue weighted by atomic mass is 10.2. The molecule has 2 N–H and O–H groups in total. The van der Waals surface area contributed by atoms with Crippen molar-refractivity contribution < 1.29 is 13.2 Å². The Morgan fingerprint density at radius 2 is 2.00 bits per heavy atom. The van der Waals surface area contributed by atoms with Gasteiger partial charge in [-0.15, -0.1) is 0 Å². The molecule has 4 heteroatoms. The van der Waals surface area contributed by atoms with E-state index in [2.05, 4.69) is 6.07 Å². The molecular formula is C7H5F3N. The molecule has 0 aliphatic carbocycles. The van der Waals surface area contributed by atoms with Crippen LogP contribution in [0, 0.1) is 6.07 Å². The van der Waals surface area contributed by atoms with Crippen LogP contribution in [0.2, 0.25) is 0 Å². The number of nitrogens with two attached hydrogens (primary N) is 1. The summed E-state index contributed by atoms with van der Waals surface area (Å²) < 4.78 is 35.7. The standard InChI is InChI=1S/C7H5F3N/c8-7(9,10)5-2-1-3-6(11)4-5/h1-2,4H,11H2. The Morgan fingerprint density at radius 3 is 2.36 bits per heavy atom. The first-order valence-corrected chi connectivity index (χ1v) is 2.84. The molecule has 0 bridgehead atoms. The largest absolute Gasteiger partial charge is 0.416 e. The second-order valence-corrected chi connectivity index (χ2v) is 2.03. The highest BCUT2D eigenvalue weighted by Gasteiger charge is 2.30. The van der Waals surface area contributed by atoms with Gasteiger partial charge in [-0.3, -0.25) is 0 Å². The van der Waals surface area contributed by atoms with Gasteiger partial charge in [0.2, 0.25) is 0 Å². The number of nitrogen functional groups attached to an aromatic ring is 1. The van der Waals surface area contributed by atoms with Gasteiger partial charge in [-0.25, -0.2) is 0 Å². The van der Waals surface area contributed by atoms with E-state index in [1.165, 1.54) is 0 Å². The van der Waals surface area contributed by atoms with Crippen LogP contribution in [-0.4, -0.2) is 0 Å². The van der Waals surface area contributed by atoms with Gasteiger partial charge in [0.25, 0.3) is 0 Å². The topological polar surface area (TPSA) is 26.0 Å². The van der Waals surface area contributed by atoms with E-state index in [9.17, 15) is 13.2 Å². The molecule has 0 amide bonds. The van der Waals surface area contributed by atoms with E-state index in [4.69, 9.17) is 5.73 Å². The number of anilines is 1. The Labute approximate surface area is 61.6 Å². The lowest BCUT2D eigenvalue weighted by Crippen LogP contribution is -2.04. The summed E-state index contributed by atoms with van der Waals surface area (Å²) in [7, 11) is 0. The molecule has 0 saturated carbocycles. The maximum atomic E-state index is 11.9. The van der Waals surface area contributed by atoms with Gasteiger partial charge in [0.05, 0.1) is 5.56 Å². The van der Waals surface area contributed by atoms with Gasteiger partial charge in [0.15, 0.2) is 0 Å². The number of alkyl halides is 3. The summed E-state index contributed by atoms with van der Waals surface area (Å²) in [5.74, 6) is 0. The second kappa shape index (κ2) is 2.45. The van der Waals surface area contributed by atoms with Crippen molar-refractivity contribution in [1.29, 1.82) is 0 Å². The van der Waals surface area contributed by atoms with E-state index in [0.29, 0.717) is 0 Å². The average Bonchev–Trinajstić information content (AvgIpc) is 1.86. The molecule has 1 aromatic carbocycles. The summed E-state index contributed by atoms with van der Waals surface area (Å²) in [6.45, 7) is 0. The van der Waals surface area contributed by atoms with E-state index in [1.807, 2.05) is 0 Å². The van der Waals surface area contributed by atoms with E-state index in [0.717, 1.165) is 18.2 Å². The fraction of sp³-hybridized carbons (Fsp3) is 0.143. The predicted octanol–water partition coefficient (Wildman–Crippen LogP) is 2.09. The lowest BCUT2D eigenvalue weighted by Gasteiger charge is -2.05. The molecule has 0 saturated heterocycles. The minimum atomic E-state index is -4.32. The summed E-state index contributed by atoms with van der Waals surface area (Å²) in [6.07, 6.45) is -4.32. The molecule has 0 aliphatic heterocycles. The highest BCUT2D eigenvalue weighted by atomic mass is 19.4. The lowest BCUT2D eigenvalue weighted by molar-refractivity contribution is -0.137. The van der Waals surface area contributed by atoms with Crippen molar-refractivity contribution >= 4 is 5.69 Å². The maximum Gasteiger partial charge on any atom is 0.416 e. The van der Waals surface area contributed by atoms with Crippen LogP contribution >= 0.6 is 0 Å². The molecule has 0 aromatic heterocycles. The molecule has 0 aliphatic rings. The first-order valence-electron chi connectivity index (χ1n) is 2.84. The van der Waals surface area contributed by atoms with Crippen LogP contribution in [0.25, 0.3) is 0 Å². The first kappa shape index (κ1) is 7.91. The van der Waals surface area contributed by atoms with Crippen LogP contribution in [0.1, 0.15) is 5.56 Å². The summed E-state index contributed by atoms with van der Waals surface area (Å²) in [5.41, 5.74) is 4.36. The van der Waals surface area contributed by atoms with Crippen molar-refractivity contribution in [2.75, 3.05) is 5.73 Å². The Bertz CT molecular complexity index is 254. The van der Waals surface area contributed by atoms with Crippen LogP contribution in [0.15, 0.2) is 18.2 Å². The molecule has 1 radical (unpaired) electrons. The quantitative estimate of drug-likeness (QED) is 0.578. The Morgan fingerprint density at radius 1 is 1.36 bits per heavy atom. The van der Waals surface area contributed by atoms with Crippen molar-refractivity contribution in [3.05, 3.63) is 29.8 Å². The van der Waals surface area contributed by atoms with Crippen LogP contribution in [0.4, 0.5) is 18.9 Å². The van der Waals surface area contributed by atoms with Crippen molar-refractivity contribution in [1.82, 2.24) is 0 Å². The van der Waals surface area contributed by atoms with Crippen molar-refractivity contribution in [3.63, 3.8) is 0 Å². The van der Waals surface area contributed by atoms with Crippen molar-refractivity contribution in [2.45, 2.75) is 6.18 Å². The molecule has 0 unspecified atom stereocenters. The zero-order valence-electron chi connectivity index (χ0n) is 5.44. The number of hydrogen-bond acceptors (Lipinski definition) is 1. The van der Waals surface area contributed by atoms with Crippen molar-refractivity contribution in [3.8, 4) is 0 Å². The van der Waals surface area contributed by atoms with Gasteiger partial charge < -0.3 is 5.73 Å². The summed E-state index contributed by atoms with van der Waals surface area (Å²) >= 11 is 0. The van der Waals surface area contributed by atoms with Gasteiger partial charge in [0, 0.05) is 11.8 Å². The molecule has 59 valence electrons. The highest BCUT2D eigenvalue weighted by Crippen LogP contribution is 2.29. The molecule has 0 atom stereocenters. The normalized spacial score (nSPS) is 11.5. The van der Waals surface area contributed by atoms with E-state index in [1.54, 1.807) is 0 Å². The first-order chi connectivity index (χ1) is 5.00. The summed E-state index contributed by atoms with van der Waals surface area (Å²) in [6, 6.07) is 5.35. The molecule has 1 aromatic rings. The highest BCUT2D eigenvalue weighted by molar-refractivity contribution is 5.40. The van der Waals surface area contributed by atoms with E-state index < -0.39 is 11.7 Å². The van der Waals surface area contributed by atoms with Crippen LogP contribution in [0.5, 0.6) is 0 Å². The third-order valence-corrected chi connectivity index (χ3v) is 1.15. The molecule has 0 heterocycles. The second-order valence-electron chi connectivity index (χ2n) is 2.03. The number of rotatable bonds is 0. The van der Waals surface area contributed by atoms with Gasteiger partial charge >= 0.3 is 6.18 Å². The van der Waals surface area contributed by atoms with Crippen molar-refractivity contribution in [2.24, 2.45) is 0 Å². The van der Waals surface area contributed by atoms with Gasteiger partial charge in [-0.1, -0.05) is 6.07 Å². The molecule has 11 heavy (non-hydrogen) atoms. The zero-order chi connectivity index (χ0) is 8.48. The molecular weight excluding hydrogens is 155 g/mol. The molecule has 1 nitrogen and oxygen atoms in total.